The Balaban J connectivity index is 2.32. The van der Waals surface area contributed by atoms with Crippen molar-refractivity contribution >= 4 is 0 Å². The standard InChI is InChI=1S/C16H22N4/c1-11-9-17-7-6-14(11)15-19-12(2)8-13(20-15)10-18-16(3,4)5/h6-9,18H,10H2,1-5H3. The number of rotatable bonds is 3. The van der Waals surface area contributed by atoms with Crippen molar-refractivity contribution in [2.45, 2.75) is 46.7 Å². The number of aryl methyl sites for hydroxylation is 2. The van der Waals surface area contributed by atoms with Crippen molar-refractivity contribution in [3.63, 3.8) is 0 Å². The molecule has 106 valence electrons. The minimum Gasteiger partial charge on any atom is -0.306 e. The van der Waals surface area contributed by atoms with Crippen molar-refractivity contribution in [3.8, 4) is 11.4 Å². The van der Waals surface area contributed by atoms with Gasteiger partial charge in [0.05, 0.1) is 5.69 Å². The number of nitrogens with one attached hydrogen (secondary N) is 1. The molecule has 0 fully saturated rings. The van der Waals surface area contributed by atoms with Gasteiger partial charge in [-0.15, -0.1) is 0 Å². The molecule has 0 aliphatic heterocycles. The van der Waals surface area contributed by atoms with Crippen molar-refractivity contribution in [1.82, 2.24) is 20.3 Å². The molecular weight excluding hydrogens is 248 g/mol. The molecule has 4 nitrogen and oxygen atoms in total. The second kappa shape index (κ2) is 5.67. The molecule has 0 aliphatic carbocycles. The van der Waals surface area contributed by atoms with Gasteiger partial charge in [0.25, 0.3) is 0 Å². The molecular formula is C16H22N4. The summed E-state index contributed by atoms with van der Waals surface area (Å²) in [6, 6.07) is 3.99. The first-order chi connectivity index (χ1) is 9.35. The molecule has 0 spiro atoms. The van der Waals surface area contributed by atoms with Gasteiger partial charge in [0.2, 0.25) is 0 Å². The van der Waals surface area contributed by atoms with Gasteiger partial charge in [0.15, 0.2) is 5.82 Å². The van der Waals surface area contributed by atoms with Crippen LogP contribution in [0.3, 0.4) is 0 Å². The second-order valence-electron chi connectivity index (χ2n) is 6.12. The van der Waals surface area contributed by atoms with Gasteiger partial charge < -0.3 is 5.32 Å². The Kier molecular flexibility index (Phi) is 4.14. The highest BCUT2D eigenvalue weighted by molar-refractivity contribution is 5.58. The highest BCUT2D eigenvalue weighted by Crippen LogP contribution is 2.19. The number of aromatic nitrogens is 3. The van der Waals surface area contributed by atoms with Crippen LogP contribution >= 0.6 is 0 Å². The maximum Gasteiger partial charge on any atom is 0.160 e. The molecule has 2 aromatic heterocycles. The quantitative estimate of drug-likeness (QED) is 0.931. The Morgan fingerprint density at radius 1 is 1.15 bits per heavy atom. The molecule has 0 aromatic carbocycles. The summed E-state index contributed by atoms with van der Waals surface area (Å²) in [5.41, 5.74) is 4.20. The van der Waals surface area contributed by atoms with Crippen LogP contribution in [0.25, 0.3) is 11.4 Å². The van der Waals surface area contributed by atoms with E-state index in [0.29, 0.717) is 0 Å². The van der Waals surface area contributed by atoms with Gasteiger partial charge in [-0.3, -0.25) is 4.98 Å². The van der Waals surface area contributed by atoms with E-state index in [0.717, 1.165) is 34.9 Å². The zero-order valence-electron chi connectivity index (χ0n) is 12.9. The summed E-state index contributed by atoms with van der Waals surface area (Å²) in [6.45, 7) is 11.2. The fraction of sp³-hybridized carbons (Fsp3) is 0.438. The van der Waals surface area contributed by atoms with E-state index in [-0.39, 0.29) is 5.54 Å². The lowest BCUT2D eigenvalue weighted by Crippen LogP contribution is -2.35. The smallest absolute Gasteiger partial charge is 0.160 e. The van der Waals surface area contributed by atoms with Crippen LogP contribution in [0.1, 0.15) is 37.7 Å². The largest absolute Gasteiger partial charge is 0.306 e. The summed E-state index contributed by atoms with van der Waals surface area (Å²) >= 11 is 0. The monoisotopic (exact) mass is 270 g/mol. The Morgan fingerprint density at radius 3 is 2.55 bits per heavy atom. The first kappa shape index (κ1) is 14.6. The second-order valence-corrected chi connectivity index (χ2v) is 6.12. The molecule has 0 amide bonds. The molecule has 0 unspecified atom stereocenters. The number of hydrogen-bond acceptors (Lipinski definition) is 4. The molecule has 4 heteroatoms. The third-order valence-electron chi connectivity index (χ3n) is 2.97. The summed E-state index contributed by atoms with van der Waals surface area (Å²) < 4.78 is 0. The van der Waals surface area contributed by atoms with E-state index in [1.807, 2.05) is 32.2 Å². The summed E-state index contributed by atoms with van der Waals surface area (Å²) in [5.74, 6) is 0.774. The van der Waals surface area contributed by atoms with Crippen molar-refractivity contribution in [2.24, 2.45) is 0 Å². The van der Waals surface area contributed by atoms with E-state index in [1.54, 1.807) is 6.20 Å². The molecule has 0 bridgehead atoms. The van der Waals surface area contributed by atoms with E-state index in [9.17, 15) is 0 Å². The number of hydrogen-bond donors (Lipinski definition) is 1. The highest BCUT2D eigenvalue weighted by atomic mass is 15.0. The third-order valence-corrected chi connectivity index (χ3v) is 2.97. The maximum atomic E-state index is 4.67. The van der Waals surface area contributed by atoms with Crippen LogP contribution in [0, 0.1) is 13.8 Å². The Labute approximate surface area is 120 Å². The molecule has 0 aliphatic rings. The number of pyridine rings is 1. The fourth-order valence-corrected chi connectivity index (χ4v) is 1.92. The van der Waals surface area contributed by atoms with Gasteiger partial charge in [-0.1, -0.05) is 0 Å². The van der Waals surface area contributed by atoms with Gasteiger partial charge in [0.1, 0.15) is 0 Å². The molecule has 20 heavy (non-hydrogen) atoms. The highest BCUT2D eigenvalue weighted by Gasteiger charge is 2.11. The average molecular weight is 270 g/mol. The summed E-state index contributed by atoms with van der Waals surface area (Å²) in [7, 11) is 0. The zero-order valence-corrected chi connectivity index (χ0v) is 12.9. The van der Waals surface area contributed by atoms with E-state index in [1.165, 1.54) is 0 Å². The Morgan fingerprint density at radius 2 is 1.90 bits per heavy atom. The minimum absolute atomic E-state index is 0.0750. The molecule has 0 radical (unpaired) electrons. The maximum absolute atomic E-state index is 4.67. The van der Waals surface area contributed by atoms with E-state index in [4.69, 9.17) is 0 Å². The molecule has 2 rings (SSSR count). The van der Waals surface area contributed by atoms with E-state index in [2.05, 4.69) is 41.0 Å². The minimum atomic E-state index is 0.0750. The van der Waals surface area contributed by atoms with Gasteiger partial charge in [-0.25, -0.2) is 9.97 Å². The average Bonchev–Trinajstić information content (AvgIpc) is 2.35. The number of nitrogens with zero attached hydrogens (tertiary/aromatic N) is 3. The predicted molar refractivity (Wildman–Crippen MR) is 81.3 cm³/mol. The van der Waals surface area contributed by atoms with Crippen LogP contribution in [0.4, 0.5) is 0 Å². The van der Waals surface area contributed by atoms with Crippen LogP contribution < -0.4 is 5.32 Å². The Hall–Kier alpha value is -1.81. The normalized spacial score (nSPS) is 11.7. The van der Waals surface area contributed by atoms with E-state index < -0.39 is 0 Å². The molecule has 0 saturated carbocycles. The lowest BCUT2D eigenvalue weighted by atomic mass is 10.1. The van der Waals surface area contributed by atoms with Crippen LogP contribution in [0.5, 0.6) is 0 Å². The van der Waals surface area contributed by atoms with Crippen LogP contribution in [-0.2, 0) is 6.54 Å². The van der Waals surface area contributed by atoms with Crippen LogP contribution in [-0.4, -0.2) is 20.5 Å². The lowest BCUT2D eigenvalue weighted by Gasteiger charge is -2.20. The molecule has 2 aromatic rings. The summed E-state index contributed by atoms with van der Waals surface area (Å²) in [6.07, 6.45) is 3.62. The lowest BCUT2D eigenvalue weighted by molar-refractivity contribution is 0.421. The Bertz CT molecular complexity index is 600. The molecule has 0 atom stereocenters. The zero-order chi connectivity index (χ0) is 14.8. The first-order valence-electron chi connectivity index (χ1n) is 6.86. The van der Waals surface area contributed by atoms with Crippen molar-refractivity contribution in [1.29, 1.82) is 0 Å². The van der Waals surface area contributed by atoms with Crippen molar-refractivity contribution in [3.05, 3.63) is 41.5 Å². The topological polar surface area (TPSA) is 50.7 Å². The molecule has 1 N–H and O–H groups in total. The van der Waals surface area contributed by atoms with Gasteiger partial charge in [-0.05, 0) is 52.3 Å². The molecule has 2 heterocycles. The van der Waals surface area contributed by atoms with E-state index >= 15 is 0 Å². The predicted octanol–water partition coefficient (Wildman–Crippen LogP) is 3.04. The SMILES string of the molecule is Cc1cc(CNC(C)(C)C)nc(-c2ccncc2C)n1. The van der Waals surface area contributed by atoms with Crippen LogP contribution in [0.2, 0.25) is 0 Å². The fourth-order valence-electron chi connectivity index (χ4n) is 1.92. The summed E-state index contributed by atoms with van der Waals surface area (Å²) in [4.78, 5) is 13.3. The van der Waals surface area contributed by atoms with Gasteiger partial charge in [-0.2, -0.15) is 0 Å². The van der Waals surface area contributed by atoms with Crippen molar-refractivity contribution < 1.29 is 0 Å². The van der Waals surface area contributed by atoms with Gasteiger partial charge in [0, 0.05) is 35.7 Å². The van der Waals surface area contributed by atoms with Crippen LogP contribution in [0.15, 0.2) is 24.5 Å². The first-order valence-corrected chi connectivity index (χ1v) is 6.86. The van der Waals surface area contributed by atoms with Crippen molar-refractivity contribution in [2.75, 3.05) is 0 Å². The summed E-state index contributed by atoms with van der Waals surface area (Å²) in [5, 5.41) is 3.46. The van der Waals surface area contributed by atoms with Gasteiger partial charge >= 0.3 is 0 Å². The third kappa shape index (κ3) is 3.84. The molecule has 0 saturated heterocycles.